The van der Waals surface area contributed by atoms with Crippen molar-refractivity contribution in [1.82, 2.24) is 9.13 Å². The molecular formula is C74H87Ca2F2N5O13. The van der Waals surface area contributed by atoms with Crippen LogP contribution in [0.5, 0.6) is 0 Å². The Bertz CT molecular complexity index is 3500. The summed E-state index contributed by atoms with van der Waals surface area (Å²) in [7, 11) is 0. The molecule has 0 aliphatic carbocycles. The third kappa shape index (κ3) is 24.4. The first-order chi connectivity index (χ1) is 44.7. The standard InChI is InChI=1S/2C33H35FN2O5.C8H17NO3.2Ca.2H/c2*1-21(2)31-30(33(41)35-25-11-7-4-8-12-25)29(22-9-5-3-6-10-22)32(23-13-15-24(34)16-14-23)36(31)18-17-26(37)19-27(38)20-28(39)40;1-5(2)3-6(9)7(10)4-8(11)12;;;;/h2*3-16,21,26-27,37-38H,17-20H2,1-2H3,(H,35,41)(H,39,40);5-7,10H,3-4,9H2,1-2H3,(H,11,12);;;;/q;;;;+2;;/p-2/t2*26-,27-;6-,7-;;;;/m110..../s1. The number of aliphatic hydroxyl groups is 5. The molecule has 0 fully saturated rings. The number of carboxylic acid groups (broad SMARTS) is 3. The Morgan fingerprint density at radius 1 is 0.469 bits per heavy atom. The summed E-state index contributed by atoms with van der Waals surface area (Å²) in [5.41, 5.74) is 15.0. The molecule has 504 valence electrons. The number of carbonyl (C=O) groups is 5. The number of anilines is 2. The molecule has 2 amide bonds. The minimum absolute atomic E-state index is 0. The molecule has 0 spiro atoms. The van der Waals surface area contributed by atoms with Gasteiger partial charge in [-0.05, 0) is 145 Å². The van der Waals surface area contributed by atoms with E-state index in [1.807, 2.05) is 148 Å². The van der Waals surface area contributed by atoms with Crippen molar-refractivity contribution in [3.05, 3.63) is 204 Å². The zero-order valence-corrected chi connectivity index (χ0v) is 56.6. The van der Waals surface area contributed by atoms with Crippen LogP contribution in [0.3, 0.4) is 0 Å². The number of carboxylic acids is 3. The number of amides is 2. The van der Waals surface area contributed by atoms with Crippen molar-refractivity contribution in [3.8, 4) is 44.8 Å². The number of hydrogen-bond acceptors (Lipinski definition) is 13. The fraction of sp³-hybridized carbons (Fsp3) is 0.338. The number of carbonyl (C=O) groups excluding carboxylic acids is 4. The quantitative estimate of drug-likeness (QED) is 0.0198. The molecule has 6 aromatic carbocycles. The molecule has 22 heteroatoms. The average molecular weight is 1370 g/mol. The monoisotopic (exact) mass is 1370 g/mol. The van der Waals surface area contributed by atoms with Crippen molar-refractivity contribution in [3.63, 3.8) is 0 Å². The number of para-hydroxylation sites is 2. The maximum atomic E-state index is 14.0. The van der Waals surface area contributed by atoms with Crippen LogP contribution < -0.4 is 26.6 Å². The van der Waals surface area contributed by atoms with E-state index in [-0.39, 0.29) is 144 Å². The van der Waals surface area contributed by atoms with Crippen LogP contribution in [0.15, 0.2) is 170 Å². The first-order valence-electron chi connectivity index (χ1n) is 31.4. The molecule has 0 bridgehead atoms. The van der Waals surface area contributed by atoms with Gasteiger partial charge in [0.25, 0.3) is 11.8 Å². The van der Waals surface area contributed by atoms with Gasteiger partial charge >= 0.3 is 81.4 Å². The molecule has 18 nitrogen and oxygen atoms in total. The molecule has 8 aromatic rings. The van der Waals surface area contributed by atoms with Crippen molar-refractivity contribution in [2.75, 3.05) is 10.6 Å². The fourth-order valence-electron chi connectivity index (χ4n) is 11.4. The van der Waals surface area contributed by atoms with Crippen LogP contribution in [0.4, 0.5) is 20.2 Å². The first-order valence-corrected chi connectivity index (χ1v) is 31.4. The van der Waals surface area contributed by atoms with Crippen LogP contribution in [0.25, 0.3) is 44.8 Å². The van der Waals surface area contributed by atoms with Gasteiger partial charge in [-0.2, -0.15) is 0 Å². The molecule has 0 saturated heterocycles. The van der Waals surface area contributed by atoms with Crippen molar-refractivity contribution >= 4 is 117 Å². The van der Waals surface area contributed by atoms with Gasteiger partial charge in [-0.25, -0.2) is 8.78 Å². The van der Waals surface area contributed by atoms with Gasteiger partial charge in [0.2, 0.25) is 0 Å². The fourth-order valence-corrected chi connectivity index (χ4v) is 11.4. The number of nitrogens with zero attached hydrogens (tertiary/aromatic N) is 2. The Hall–Kier alpha value is -6.63. The molecule has 0 saturated carbocycles. The molecule has 0 aliphatic rings. The van der Waals surface area contributed by atoms with Gasteiger partial charge < -0.3 is 75.9 Å². The molecule has 2 heterocycles. The summed E-state index contributed by atoms with van der Waals surface area (Å²) in [6, 6.07) is 49.0. The van der Waals surface area contributed by atoms with E-state index >= 15 is 0 Å². The predicted molar refractivity (Wildman–Crippen MR) is 369 cm³/mol. The number of hydrogen-bond donors (Lipinski definition) is 9. The number of benzene rings is 6. The van der Waals surface area contributed by atoms with Gasteiger partial charge in [-0.3, -0.25) is 14.4 Å². The average Bonchev–Trinajstić information content (AvgIpc) is 1.60. The van der Waals surface area contributed by atoms with Gasteiger partial charge in [-0.15, -0.1) is 0 Å². The van der Waals surface area contributed by atoms with E-state index in [0.717, 1.165) is 22.5 Å². The van der Waals surface area contributed by atoms with Crippen molar-refractivity contribution in [2.24, 2.45) is 11.7 Å². The minimum atomic E-state index is -1.39. The SMILES string of the molecule is CC(C)C[C@H](N)[C@@H](O)CC(=O)O.CC(C)c1c(C(=O)Nc2ccccc2)c(-c2ccccc2)c(-c2ccc(F)cc2)n1CC[C@@H](O)C[C@@H](O)CC(=O)[O-].CC(C)c1c(C(=O)Nc2ccccc2)c(-c2ccccc2)c(-c2ccc(F)cc2)n1CC[C@@H](O)C[C@@H](O)CC(=O)[O-].[Ca+2].[CaH2]. The van der Waals surface area contributed by atoms with Gasteiger partial charge in [0.05, 0.1) is 59.5 Å². The number of nitrogens with two attached hydrogens (primary N) is 1. The van der Waals surface area contributed by atoms with Gasteiger partial charge in [0.15, 0.2) is 0 Å². The Kier molecular flexibility index (Phi) is 34.3. The van der Waals surface area contributed by atoms with Crippen LogP contribution in [0, 0.1) is 17.6 Å². The molecule has 0 unspecified atom stereocenters. The summed E-state index contributed by atoms with van der Waals surface area (Å²) in [6.07, 6.45) is -6.09. The van der Waals surface area contributed by atoms with Crippen molar-refractivity contribution < 1.29 is 73.6 Å². The Morgan fingerprint density at radius 3 is 1.08 bits per heavy atom. The van der Waals surface area contributed by atoms with Crippen molar-refractivity contribution in [2.45, 2.75) is 154 Å². The van der Waals surface area contributed by atoms with E-state index < -0.39 is 78.9 Å². The maximum absolute atomic E-state index is 14.0. The molecule has 0 radical (unpaired) electrons. The second kappa shape index (κ2) is 40.3. The summed E-state index contributed by atoms with van der Waals surface area (Å²) >= 11 is 0. The zero-order chi connectivity index (χ0) is 68.8. The normalized spacial score (nSPS) is 12.9. The second-order valence-electron chi connectivity index (χ2n) is 24.2. The predicted octanol–water partition coefficient (Wildman–Crippen LogP) is 8.86. The van der Waals surface area contributed by atoms with Gasteiger partial charge in [0, 0.05) is 77.8 Å². The first kappa shape index (κ1) is 81.8. The summed E-state index contributed by atoms with van der Waals surface area (Å²) in [4.78, 5) is 60.0. The van der Waals surface area contributed by atoms with E-state index in [9.17, 15) is 68.5 Å². The number of rotatable bonds is 29. The topological polar surface area (TPSA) is 313 Å². The summed E-state index contributed by atoms with van der Waals surface area (Å²) in [5, 5.41) is 86.8. The molecule has 8 rings (SSSR count). The molecule has 2 aromatic heterocycles. The third-order valence-corrected chi connectivity index (χ3v) is 15.5. The zero-order valence-electron chi connectivity index (χ0n) is 54.4. The number of aliphatic carboxylic acids is 3. The Balaban J connectivity index is 0.000000343. The van der Waals surface area contributed by atoms with Crippen LogP contribution in [0.1, 0.15) is 137 Å². The van der Waals surface area contributed by atoms with Crippen LogP contribution in [0.2, 0.25) is 0 Å². The van der Waals surface area contributed by atoms with E-state index in [1.165, 1.54) is 24.3 Å². The second-order valence-corrected chi connectivity index (χ2v) is 24.2. The Morgan fingerprint density at radius 2 is 0.792 bits per heavy atom. The molecular weight excluding hydrogens is 1280 g/mol. The third-order valence-electron chi connectivity index (χ3n) is 15.5. The van der Waals surface area contributed by atoms with Gasteiger partial charge in [0.1, 0.15) is 11.6 Å². The van der Waals surface area contributed by atoms with Crippen LogP contribution >= 0.6 is 0 Å². The molecule has 6 atom stereocenters. The van der Waals surface area contributed by atoms with Gasteiger partial charge in [-0.1, -0.05) is 139 Å². The van der Waals surface area contributed by atoms with Crippen molar-refractivity contribution in [1.29, 1.82) is 0 Å². The molecule has 96 heavy (non-hydrogen) atoms. The van der Waals surface area contributed by atoms with Crippen LogP contribution in [-0.4, -0.2) is 182 Å². The number of aromatic nitrogens is 2. The number of nitrogens with one attached hydrogen (secondary N) is 2. The van der Waals surface area contributed by atoms with E-state index in [1.54, 1.807) is 48.5 Å². The number of halogens is 2. The summed E-state index contributed by atoms with van der Waals surface area (Å²) < 4.78 is 32.0. The van der Waals surface area contributed by atoms with E-state index in [2.05, 4.69) is 10.6 Å². The number of aliphatic hydroxyl groups excluding tert-OH is 5. The summed E-state index contributed by atoms with van der Waals surface area (Å²) in [5.74, 6) is -5.04. The van der Waals surface area contributed by atoms with Crippen LogP contribution in [-0.2, 0) is 27.5 Å². The van der Waals surface area contributed by atoms with E-state index in [4.69, 9.17) is 10.8 Å². The molecule has 10 N–H and O–H groups in total. The van der Waals surface area contributed by atoms with E-state index in [0.29, 0.717) is 68.5 Å². The molecule has 0 aliphatic heterocycles. The Labute approximate surface area is 619 Å². The summed E-state index contributed by atoms with van der Waals surface area (Å²) in [6.45, 7) is 12.4.